The quantitative estimate of drug-likeness (QED) is 0.725. The summed E-state index contributed by atoms with van der Waals surface area (Å²) in [5.41, 5.74) is 5.00. The van der Waals surface area contributed by atoms with E-state index in [0.717, 1.165) is 41.1 Å². The van der Waals surface area contributed by atoms with Crippen molar-refractivity contribution in [2.75, 3.05) is 6.61 Å². The Morgan fingerprint density at radius 3 is 3.05 bits per heavy atom. The third-order valence-corrected chi connectivity index (χ3v) is 3.70. The first kappa shape index (κ1) is 12.3. The third-order valence-electron chi connectivity index (χ3n) is 3.70. The zero-order valence-electron chi connectivity index (χ0n) is 11.7. The average molecular weight is 281 g/mol. The van der Waals surface area contributed by atoms with Crippen molar-refractivity contribution >= 4 is 23.3 Å². The van der Waals surface area contributed by atoms with Gasteiger partial charge in [0.25, 0.3) is 0 Å². The molecule has 0 aliphatic carbocycles. The molecule has 3 heterocycles. The molecule has 0 fully saturated rings. The molecular weight excluding hydrogens is 266 g/mol. The van der Waals surface area contributed by atoms with Crippen LogP contribution in [0, 0.1) is 0 Å². The van der Waals surface area contributed by atoms with Gasteiger partial charge in [-0.05, 0) is 18.2 Å². The van der Waals surface area contributed by atoms with Crippen LogP contribution in [0.3, 0.4) is 0 Å². The predicted molar refractivity (Wildman–Crippen MR) is 79.5 cm³/mol. The Hall–Kier alpha value is -2.40. The number of aryl methyl sites for hydroxylation is 1. The second-order valence-corrected chi connectivity index (χ2v) is 5.09. The van der Waals surface area contributed by atoms with Crippen LogP contribution < -0.4 is 0 Å². The lowest BCUT2D eigenvalue weighted by molar-refractivity contribution is 0.110. The van der Waals surface area contributed by atoms with Crippen LogP contribution in [0.1, 0.15) is 22.8 Å². The zero-order valence-corrected chi connectivity index (χ0v) is 11.7. The van der Waals surface area contributed by atoms with Gasteiger partial charge in [-0.3, -0.25) is 4.68 Å². The number of ether oxygens (including phenoxy) is 1. The van der Waals surface area contributed by atoms with Gasteiger partial charge in [0.15, 0.2) is 5.58 Å². The van der Waals surface area contributed by atoms with Crippen molar-refractivity contribution in [3.05, 3.63) is 47.1 Å². The van der Waals surface area contributed by atoms with Crippen molar-refractivity contribution in [2.24, 2.45) is 7.05 Å². The summed E-state index contributed by atoms with van der Waals surface area (Å²) in [6.45, 7) is 1.37. The smallest absolute Gasteiger partial charge is 0.220 e. The lowest BCUT2D eigenvalue weighted by atomic mass is 10.1. The summed E-state index contributed by atoms with van der Waals surface area (Å²) in [6.07, 6.45) is 4.75. The number of aromatic nitrogens is 3. The van der Waals surface area contributed by atoms with E-state index < -0.39 is 0 Å². The fourth-order valence-electron chi connectivity index (χ4n) is 2.66. The zero-order chi connectivity index (χ0) is 14.2. The first-order valence-electron chi connectivity index (χ1n) is 6.97. The third kappa shape index (κ3) is 2.15. The SMILES string of the molecule is Cn1nc2c(c1/C=C/c1nc3ccccc3o1)COCC2. The van der Waals surface area contributed by atoms with Gasteiger partial charge in [-0.1, -0.05) is 12.1 Å². The largest absolute Gasteiger partial charge is 0.437 e. The summed E-state index contributed by atoms with van der Waals surface area (Å²) < 4.78 is 13.1. The van der Waals surface area contributed by atoms with Gasteiger partial charge in [0, 0.05) is 25.1 Å². The Labute approximate surface area is 121 Å². The summed E-state index contributed by atoms with van der Waals surface area (Å²) in [6, 6.07) is 7.75. The molecule has 5 heteroatoms. The van der Waals surface area contributed by atoms with Gasteiger partial charge in [0.2, 0.25) is 5.89 Å². The van der Waals surface area contributed by atoms with Crippen LogP contribution in [-0.2, 0) is 24.8 Å². The van der Waals surface area contributed by atoms with Gasteiger partial charge in [-0.15, -0.1) is 0 Å². The Kier molecular flexibility index (Phi) is 2.86. The highest BCUT2D eigenvalue weighted by atomic mass is 16.5. The summed E-state index contributed by atoms with van der Waals surface area (Å²) in [4.78, 5) is 4.44. The van der Waals surface area contributed by atoms with Crippen molar-refractivity contribution in [2.45, 2.75) is 13.0 Å². The highest BCUT2D eigenvalue weighted by Crippen LogP contribution is 2.22. The molecule has 0 atom stereocenters. The molecule has 21 heavy (non-hydrogen) atoms. The van der Waals surface area contributed by atoms with Crippen molar-refractivity contribution in [1.82, 2.24) is 14.8 Å². The van der Waals surface area contributed by atoms with Crippen molar-refractivity contribution in [3.8, 4) is 0 Å². The number of rotatable bonds is 2. The van der Waals surface area contributed by atoms with Crippen LogP contribution in [0.2, 0.25) is 0 Å². The first-order chi connectivity index (χ1) is 10.3. The molecule has 0 saturated carbocycles. The molecule has 1 aliphatic heterocycles. The van der Waals surface area contributed by atoms with Gasteiger partial charge < -0.3 is 9.15 Å². The minimum atomic E-state index is 0.600. The highest BCUT2D eigenvalue weighted by molar-refractivity contribution is 5.76. The van der Waals surface area contributed by atoms with Crippen LogP contribution >= 0.6 is 0 Å². The minimum Gasteiger partial charge on any atom is -0.437 e. The fraction of sp³-hybridized carbons (Fsp3) is 0.250. The van der Waals surface area contributed by atoms with E-state index in [2.05, 4.69) is 10.1 Å². The first-order valence-corrected chi connectivity index (χ1v) is 6.97. The van der Waals surface area contributed by atoms with Crippen LogP contribution in [-0.4, -0.2) is 21.4 Å². The van der Waals surface area contributed by atoms with Gasteiger partial charge in [-0.2, -0.15) is 5.10 Å². The van der Waals surface area contributed by atoms with E-state index in [1.54, 1.807) is 0 Å². The summed E-state index contributed by atoms with van der Waals surface area (Å²) >= 11 is 0. The van der Waals surface area contributed by atoms with Crippen molar-refractivity contribution < 1.29 is 9.15 Å². The van der Waals surface area contributed by atoms with E-state index in [1.807, 2.05) is 48.1 Å². The number of benzene rings is 1. The van der Waals surface area contributed by atoms with Gasteiger partial charge in [0.1, 0.15) is 5.52 Å². The second-order valence-electron chi connectivity index (χ2n) is 5.09. The molecule has 0 radical (unpaired) electrons. The molecule has 106 valence electrons. The van der Waals surface area contributed by atoms with Gasteiger partial charge in [-0.25, -0.2) is 4.98 Å². The van der Waals surface area contributed by atoms with Crippen LogP contribution in [0.5, 0.6) is 0 Å². The summed E-state index contributed by atoms with van der Waals surface area (Å²) in [7, 11) is 1.95. The Balaban J connectivity index is 1.70. The van der Waals surface area contributed by atoms with Gasteiger partial charge in [0.05, 0.1) is 24.6 Å². The monoisotopic (exact) mass is 281 g/mol. The summed E-state index contributed by atoms with van der Waals surface area (Å²) in [5.74, 6) is 0.600. The lowest BCUT2D eigenvalue weighted by Gasteiger charge is -2.10. The number of fused-ring (bicyclic) bond motifs is 2. The average Bonchev–Trinajstić information content (AvgIpc) is 3.04. The number of nitrogens with zero attached hydrogens (tertiary/aromatic N) is 3. The number of para-hydroxylation sites is 2. The van der Waals surface area contributed by atoms with Crippen LogP contribution in [0.25, 0.3) is 23.3 Å². The van der Waals surface area contributed by atoms with E-state index in [9.17, 15) is 0 Å². The Morgan fingerprint density at radius 1 is 1.24 bits per heavy atom. The standard InChI is InChI=1S/C16H15N3O2/c1-19-14(11-10-20-9-8-12(11)18-19)6-7-16-17-13-4-2-3-5-15(13)21-16/h2-7H,8-10H2,1H3/b7-6+. The maximum atomic E-state index is 5.69. The van der Waals surface area contributed by atoms with Crippen molar-refractivity contribution in [3.63, 3.8) is 0 Å². The molecule has 0 N–H and O–H groups in total. The molecule has 1 aliphatic rings. The minimum absolute atomic E-state index is 0.600. The number of hydrogen-bond acceptors (Lipinski definition) is 4. The van der Waals surface area contributed by atoms with Gasteiger partial charge >= 0.3 is 0 Å². The van der Waals surface area contributed by atoms with E-state index in [-0.39, 0.29) is 0 Å². The Bertz CT molecular complexity index is 796. The molecule has 0 bridgehead atoms. The number of hydrogen-bond donors (Lipinski definition) is 0. The molecule has 0 unspecified atom stereocenters. The molecule has 1 aromatic carbocycles. The van der Waals surface area contributed by atoms with Crippen LogP contribution in [0.4, 0.5) is 0 Å². The van der Waals surface area contributed by atoms with E-state index in [4.69, 9.17) is 9.15 Å². The molecule has 2 aromatic heterocycles. The van der Waals surface area contributed by atoms with E-state index in [1.165, 1.54) is 0 Å². The fourth-order valence-corrected chi connectivity index (χ4v) is 2.66. The maximum Gasteiger partial charge on any atom is 0.220 e. The second kappa shape index (κ2) is 4.86. The molecule has 3 aromatic rings. The normalized spacial score (nSPS) is 14.9. The predicted octanol–water partition coefficient (Wildman–Crippen LogP) is 2.80. The molecule has 5 nitrogen and oxygen atoms in total. The number of oxazole rings is 1. The molecule has 0 spiro atoms. The van der Waals surface area contributed by atoms with Crippen LogP contribution in [0.15, 0.2) is 28.7 Å². The lowest BCUT2D eigenvalue weighted by Crippen LogP contribution is -2.08. The molecule has 0 amide bonds. The highest BCUT2D eigenvalue weighted by Gasteiger charge is 2.18. The van der Waals surface area contributed by atoms with E-state index >= 15 is 0 Å². The topological polar surface area (TPSA) is 53.1 Å². The summed E-state index contributed by atoms with van der Waals surface area (Å²) in [5, 5.41) is 4.54. The van der Waals surface area contributed by atoms with E-state index in [0.29, 0.717) is 12.5 Å². The Morgan fingerprint density at radius 2 is 2.14 bits per heavy atom. The molecular formula is C16H15N3O2. The van der Waals surface area contributed by atoms with Crippen molar-refractivity contribution in [1.29, 1.82) is 0 Å². The molecule has 4 rings (SSSR count). The molecule has 0 saturated heterocycles. The maximum absolute atomic E-state index is 5.69.